The predicted molar refractivity (Wildman–Crippen MR) is 54.0 cm³/mol. The van der Waals surface area contributed by atoms with Crippen LogP contribution in [0.5, 0.6) is 0 Å². The van der Waals surface area contributed by atoms with Crippen molar-refractivity contribution in [2.24, 2.45) is 5.73 Å². The largest absolute Gasteiger partial charge is 0.326 e. The smallest absolute Gasteiger partial charge is 0.170 e. The molecule has 74 valence electrons. The first-order chi connectivity index (χ1) is 6.65. The molecule has 0 aliphatic carbocycles. The molecule has 3 nitrogen and oxygen atoms in total. The second kappa shape index (κ2) is 4.67. The van der Waals surface area contributed by atoms with Gasteiger partial charge in [0.2, 0.25) is 0 Å². The van der Waals surface area contributed by atoms with E-state index in [1.165, 1.54) is 6.92 Å². The zero-order valence-corrected chi connectivity index (χ0v) is 8.12. The van der Waals surface area contributed by atoms with Gasteiger partial charge in [-0.3, -0.25) is 9.59 Å². The molecule has 0 saturated heterocycles. The van der Waals surface area contributed by atoms with Gasteiger partial charge in [-0.2, -0.15) is 0 Å². The third kappa shape index (κ3) is 2.50. The van der Waals surface area contributed by atoms with Crippen LogP contribution in [-0.4, -0.2) is 11.6 Å². The number of rotatable bonds is 4. The fraction of sp³-hybridized carbons (Fsp3) is 0.273. The van der Waals surface area contributed by atoms with Crippen molar-refractivity contribution in [1.82, 2.24) is 0 Å². The summed E-state index contributed by atoms with van der Waals surface area (Å²) in [6, 6.07) is 7.10. The van der Waals surface area contributed by atoms with Crippen molar-refractivity contribution in [3.05, 3.63) is 35.4 Å². The van der Waals surface area contributed by atoms with Gasteiger partial charge in [0, 0.05) is 12.1 Å². The molecular weight excluding hydrogens is 178 g/mol. The maximum Gasteiger partial charge on any atom is 0.170 e. The first-order valence-corrected chi connectivity index (χ1v) is 4.45. The van der Waals surface area contributed by atoms with Gasteiger partial charge in [0.1, 0.15) is 5.78 Å². The van der Waals surface area contributed by atoms with E-state index in [9.17, 15) is 9.59 Å². The van der Waals surface area contributed by atoms with Crippen LogP contribution in [0.2, 0.25) is 0 Å². The highest BCUT2D eigenvalue weighted by Crippen LogP contribution is 2.10. The van der Waals surface area contributed by atoms with Crippen LogP contribution >= 0.6 is 0 Å². The Morgan fingerprint density at radius 3 is 2.50 bits per heavy atom. The minimum Gasteiger partial charge on any atom is -0.326 e. The number of hydrogen-bond donors (Lipinski definition) is 1. The highest BCUT2D eigenvalue weighted by atomic mass is 16.1. The molecule has 0 heterocycles. The second-order valence-corrected chi connectivity index (χ2v) is 3.16. The SMILES string of the molecule is CC(=O)CC(=O)c1ccccc1CN. The van der Waals surface area contributed by atoms with E-state index in [-0.39, 0.29) is 18.0 Å². The third-order valence-corrected chi connectivity index (χ3v) is 1.95. The summed E-state index contributed by atoms with van der Waals surface area (Å²) in [6.07, 6.45) is -0.0446. The number of hydrogen-bond acceptors (Lipinski definition) is 3. The minimum absolute atomic E-state index is 0.0446. The zero-order chi connectivity index (χ0) is 10.6. The summed E-state index contributed by atoms with van der Waals surface area (Å²) in [6.45, 7) is 1.72. The standard InChI is InChI=1S/C11H13NO2/c1-8(13)6-11(14)10-5-3-2-4-9(10)7-12/h2-5H,6-7,12H2,1H3. The molecule has 1 rings (SSSR count). The van der Waals surface area contributed by atoms with Gasteiger partial charge < -0.3 is 5.73 Å². The van der Waals surface area contributed by atoms with Crippen molar-refractivity contribution in [3.8, 4) is 0 Å². The van der Waals surface area contributed by atoms with E-state index in [1.807, 2.05) is 6.07 Å². The van der Waals surface area contributed by atoms with Crippen LogP contribution in [0.1, 0.15) is 29.3 Å². The molecule has 2 N–H and O–H groups in total. The van der Waals surface area contributed by atoms with E-state index >= 15 is 0 Å². The fourth-order valence-electron chi connectivity index (χ4n) is 1.29. The van der Waals surface area contributed by atoms with Gasteiger partial charge in [0.25, 0.3) is 0 Å². The van der Waals surface area contributed by atoms with Crippen molar-refractivity contribution in [2.45, 2.75) is 19.9 Å². The number of benzene rings is 1. The summed E-state index contributed by atoms with van der Waals surface area (Å²) in [5.74, 6) is -0.277. The van der Waals surface area contributed by atoms with E-state index in [2.05, 4.69) is 0 Å². The first kappa shape index (κ1) is 10.6. The fourth-order valence-corrected chi connectivity index (χ4v) is 1.29. The summed E-state index contributed by atoms with van der Waals surface area (Å²) in [5.41, 5.74) is 6.83. The highest BCUT2D eigenvalue weighted by Gasteiger charge is 2.11. The summed E-state index contributed by atoms with van der Waals surface area (Å²) < 4.78 is 0. The van der Waals surface area contributed by atoms with Crippen molar-refractivity contribution in [3.63, 3.8) is 0 Å². The van der Waals surface area contributed by atoms with Crippen LogP contribution in [0, 0.1) is 0 Å². The van der Waals surface area contributed by atoms with Gasteiger partial charge in [-0.1, -0.05) is 24.3 Å². The van der Waals surface area contributed by atoms with Gasteiger partial charge >= 0.3 is 0 Å². The molecule has 0 spiro atoms. The Bertz CT molecular complexity index is 358. The number of nitrogens with two attached hydrogens (primary N) is 1. The lowest BCUT2D eigenvalue weighted by Crippen LogP contribution is -2.10. The first-order valence-electron chi connectivity index (χ1n) is 4.45. The Labute approximate surface area is 82.9 Å². The van der Waals surface area contributed by atoms with E-state index in [0.29, 0.717) is 12.1 Å². The van der Waals surface area contributed by atoms with Gasteiger partial charge in [-0.05, 0) is 12.5 Å². The highest BCUT2D eigenvalue weighted by molar-refractivity contribution is 6.08. The Morgan fingerprint density at radius 1 is 1.29 bits per heavy atom. The van der Waals surface area contributed by atoms with Crippen LogP contribution < -0.4 is 5.73 Å². The number of carbonyl (C=O) groups excluding carboxylic acids is 2. The average molecular weight is 191 g/mol. The predicted octanol–water partition coefficient (Wildman–Crippen LogP) is 1.31. The molecule has 0 bridgehead atoms. The molecule has 0 aliphatic heterocycles. The molecule has 0 radical (unpaired) electrons. The lowest BCUT2D eigenvalue weighted by Gasteiger charge is -2.04. The topological polar surface area (TPSA) is 60.2 Å². The monoisotopic (exact) mass is 191 g/mol. The third-order valence-electron chi connectivity index (χ3n) is 1.95. The van der Waals surface area contributed by atoms with Crippen LogP contribution in [0.3, 0.4) is 0 Å². The molecule has 0 atom stereocenters. The molecular formula is C11H13NO2. The molecule has 1 aromatic rings. The number of carbonyl (C=O) groups is 2. The molecule has 0 fully saturated rings. The maximum absolute atomic E-state index is 11.6. The Balaban J connectivity index is 2.94. The quantitative estimate of drug-likeness (QED) is 0.576. The van der Waals surface area contributed by atoms with Gasteiger partial charge in [-0.25, -0.2) is 0 Å². The molecule has 0 unspecified atom stereocenters. The van der Waals surface area contributed by atoms with Crippen molar-refractivity contribution < 1.29 is 9.59 Å². The van der Waals surface area contributed by atoms with E-state index < -0.39 is 0 Å². The molecule has 0 saturated carbocycles. The number of Topliss-reactive ketones (excluding diaryl/α,β-unsaturated/α-hetero) is 2. The Kier molecular flexibility index (Phi) is 3.54. The van der Waals surface area contributed by atoms with Crippen LogP contribution in [-0.2, 0) is 11.3 Å². The van der Waals surface area contributed by atoms with E-state index in [0.717, 1.165) is 5.56 Å². The summed E-state index contributed by atoms with van der Waals surface area (Å²) in [4.78, 5) is 22.3. The zero-order valence-electron chi connectivity index (χ0n) is 8.12. The van der Waals surface area contributed by atoms with Crippen LogP contribution in [0.25, 0.3) is 0 Å². The number of ketones is 2. The van der Waals surface area contributed by atoms with Gasteiger partial charge in [-0.15, -0.1) is 0 Å². The van der Waals surface area contributed by atoms with Crippen LogP contribution in [0.4, 0.5) is 0 Å². The maximum atomic E-state index is 11.6. The lowest BCUT2D eigenvalue weighted by molar-refractivity contribution is -0.116. The normalized spacial score (nSPS) is 9.86. The average Bonchev–Trinajstić information content (AvgIpc) is 2.16. The molecule has 3 heteroatoms. The Morgan fingerprint density at radius 2 is 1.93 bits per heavy atom. The summed E-state index contributed by atoms with van der Waals surface area (Å²) in [7, 11) is 0. The van der Waals surface area contributed by atoms with Gasteiger partial charge in [0.05, 0.1) is 6.42 Å². The lowest BCUT2D eigenvalue weighted by atomic mass is 10.0. The minimum atomic E-state index is -0.154. The van der Waals surface area contributed by atoms with Gasteiger partial charge in [0.15, 0.2) is 5.78 Å². The van der Waals surface area contributed by atoms with E-state index in [4.69, 9.17) is 5.73 Å². The summed E-state index contributed by atoms with van der Waals surface area (Å²) >= 11 is 0. The van der Waals surface area contributed by atoms with Crippen molar-refractivity contribution in [1.29, 1.82) is 0 Å². The summed E-state index contributed by atoms with van der Waals surface area (Å²) in [5, 5.41) is 0. The molecule has 1 aromatic carbocycles. The Hall–Kier alpha value is -1.48. The molecule has 0 amide bonds. The molecule has 14 heavy (non-hydrogen) atoms. The van der Waals surface area contributed by atoms with Crippen LogP contribution in [0.15, 0.2) is 24.3 Å². The van der Waals surface area contributed by atoms with Crippen molar-refractivity contribution in [2.75, 3.05) is 0 Å². The second-order valence-electron chi connectivity index (χ2n) is 3.16. The van der Waals surface area contributed by atoms with Crippen molar-refractivity contribution >= 4 is 11.6 Å². The van der Waals surface area contributed by atoms with E-state index in [1.54, 1.807) is 18.2 Å². The molecule has 0 aromatic heterocycles. The molecule has 0 aliphatic rings.